The summed E-state index contributed by atoms with van der Waals surface area (Å²) in [5.74, 6) is -4.64. The molecule has 1 saturated carbocycles. The highest BCUT2D eigenvalue weighted by Gasteiger charge is 2.76. The number of hydrogen-bond acceptors (Lipinski definition) is 5. The van der Waals surface area contributed by atoms with Gasteiger partial charge in [-0.15, -0.1) is 23.2 Å². The molecule has 3 fully saturated rings. The molecule has 2 saturated heterocycles. The monoisotopic (exact) mass is 510 g/mol. The van der Waals surface area contributed by atoms with Crippen LogP contribution in [-0.2, 0) is 19.2 Å². The first-order valence-corrected chi connectivity index (χ1v) is 11.9. The standard InChI is InChI=1S/C23H21Cl3N2O5/c1-3-28-18(30)13-7-6-11-14(16(13)19(28)31)9-22(25)20(32)27(2)21(33)23(22,26)17(11)12-5-4-10(29)8-15(12)24/h4-6,8,13-14,16-17,29H,3,7,9H2,1-2H3. The molecule has 2 aliphatic carbocycles. The zero-order chi connectivity index (χ0) is 24.0. The van der Waals surface area contributed by atoms with Crippen molar-refractivity contribution in [1.29, 1.82) is 0 Å². The van der Waals surface area contributed by atoms with Gasteiger partial charge in [-0.05, 0) is 43.4 Å². The maximum atomic E-state index is 13.4. The Labute approximate surface area is 205 Å². The first-order chi connectivity index (χ1) is 15.5. The Kier molecular flexibility index (Phi) is 4.95. The van der Waals surface area contributed by atoms with E-state index in [9.17, 15) is 24.3 Å². The molecule has 1 aromatic carbocycles. The van der Waals surface area contributed by atoms with E-state index in [-0.39, 0.29) is 35.6 Å². The predicted molar refractivity (Wildman–Crippen MR) is 121 cm³/mol. The molecule has 5 rings (SSSR count). The molecule has 6 atom stereocenters. The highest BCUT2D eigenvalue weighted by molar-refractivity contribution is 6.53. The highest BCUT2D eigenvalue weighted by atomic mass is 35.5. The molecular weight excluding hydrogens is 491 g/mol. The largest absolute Gasteiger partial charge is 0.508 e. The second kappa shape index (κ2) is 7.20. The maximum Gasteiger partial charge on any atom is 0.253 e. The number of fused-ring (bicyclic) bond motifs is 4. The number of alkyl halides is 2. The minimum atomic E-state index is -1.88. The highest BCUT2D eigenvalue weighted by Crippen LogP contribution is 2.65. The van der Waals surface area contributed by atoms with Gasteiger partial charge < -0.3 is 5.11 Å². The SMILES string of the molecule is CCN1C(=O)C2CC=C3C(CC4(Cl)C(=O)N(C)C(=O)C4(Cl)C3c3ccc(O)cc3Cl)C2C1=O. The number of imide groups is 2. The molecule has 0 radical (unpaired) electrons. The summed E-state index contributed by atoms with van der Waals surface area (Å²) in [6.45, 7) is 1.99. The van der Waals surface area contributed by atoms with Gasteiger partial charge in [-0.3, -0.25) is 29.0 Å². The van der Waals surface area contributed by atoms with Crippen molar-refractivity contribution in [3.8, 4) is 5.75 Å². The molecule has 174 valence electrons. The van der Waals surface area contributed by atoms with E-state index in [1.165, 1.54) is 24.1 Å². The van der Waals surface area contributed by atoms with Gasteiger partial charge in [0.1, 0.15) is 5.75 Å². The number of phenols is 1. The average Bonchev–Trinajstić information content (AvgIpc) is 3.09. The maximum absolute atomic E-state index is 13.4. The van der Waals surface area contributed by atoms with Gasteiger partial charge in [0.25, 0.3) is 11.8 Å². The van der Waals surface area contributed by atoms with Crippen LogP contribution in [0.1, 0.15) is 31.2 Å². The number of halogens is 3. The third kappa shape index (κ3) is 2.64. The summed E-state index contributed by atoms with van der Waals surface area (Å²) in [4.78, 5) is 51.2. The van der Waals surface area contributed by atoms with Crippen molar-refractivity contribution in [2.45, 2.75) is 35.4 Å². The fraction of sp³-hybridized carbons (Fsp3) is 0.478. The second-order valence-electron chi connectivity index (χ2n) is 9.12. The Morgan fingerprint density at radius 3 is 2.42 bits per heavy atom. The lowest BCUT2D eigenvalue weighted by Gasteiger charge is -2.51. The molecule has 6 unspecified atom stereocenters. The fourth-order valence-corrected chi connectivity index (χ4v) is 7.51. The van der Waals surface area contributed by atoms with Crippen molar-refractivity contribution in [1.82, 2.24) is 9.80 Å². The third-order valence-corrected chi connectivity index (χ3v) is 9.46. The number of phenolic OH excluding ortho intramolecular Hbond substituents is 1. The lowest BCUT2D eigenvalue weighted by molar-refractivity contribution is -0.141. The van der Waals surface area contributed by atoms with Crippen molar-refractivity contribution in [3.63, 3.8) is 0 Å². The van der Waals surface area contributed by atoms with E-state index in [0.717, 1.165) is 4.90 Å². The molecule has 7 nitrogen and oxygen atoms in total. The Bertz CT molecular complexity index is 1170. The van der Waals surface area contributed by atoms with Crippen LogP contribution in [0.25, 0.3) is 0 Å². The first kappa shape index (κ1) is 22.7. The van der Waals surface area contributed by atoms with Crippen LogP contribution >= 0.6 is 34.8 Å². The van der Waals surface area contributed by atoms with Crippen molar-refractivity contribution >= 4 is 58.4 Å². The van der Waals surface area contributed by atoms with Crippen LogP contribution in [-0.4, -0.2) is 61.9 Å². The molecule has 0 spiro atoms. The topological polar surface area (TPSA) is 95.0 Å². The van der Waals surface area contributed by atoms with Gasteiger partial charge in [0, 0.05) is 24.5 Å². The van der Waals surface area contributed by atoms with Gasteiger partial charge in [0.05, 0.1) is 11.8 Å². The van der Waals surface area contributed by atoms with Crippen LogP contribution in [0.5, 0.6) is 5.75 Å². The average molecular weight is 512 g/mol. The summed E-state index contributed by atoms with van der Waals surface area (Å²) in [5.41, 5.74) is 1.09. The lowest BCUT2D eigenvalue weighted by Crippen LogP contribution is -2.60. The molecular formula is C23H21Cl3N2O5. The van der Waals surface area contributed by atoms with Crippen LogP contribution in [0.4, 0.5) is 0 Å². The van der Waals surface area contributed by atoms with E-state index in [2.05, 4.69) is 0 Å². The van der Waals surface area contributed by atoms with Crippen LogP contribution < -0.4 is 0 Å². The van der Waals surface area contributed by atoms with Crippen LogP contribution in [0, 0.1) is 17.8 Å². The number of likely N-dealkylation sites (tertiary alicyclic amines) is 2. The number of allylic oxidation sites excluding steroid dienone is 2. The van der Waals surface area contributed by atoms with Gasteiger partial charge >= 0.3 is 0 Å². The second-order valence-corrected chi connectivity index (χ2v) is 10.8. The number of carbonyl (C=O) groups is 4. The van der Waals surface area contributed by atoms with Gasteiger partial charge in [-0.2, -0.15) is 0 Å². The fourth-order valence-electron chi connectivity index (χ4n) is 6.22. The van der Waals surface area contributed by atoms with E-state index < -0.39 is 45.2 Å². The van der Waals surface area contributed by atoms with Crippen molar-refractivity contribution < 1.29 is 24.3 Å². The number of hydrogen-bond donors (Lipinski definition) is 1. The summed E-state index contributed by atoms with van der Waals surface area (Å²) >= 11 is 20.5. The number of nitrogens with zero attached hydrogens (tertiary/aromatic N) is 2. The Morgan fingerprint density at radius 2 is 1.79 bits per heavy atom. The third-order valence-electron chi connectivity index (χ3n) is 7.72. The molecule has 2 heterocycles. The van der Waals surface area contributed by atoms with Gasteiger partial charge in [0.2, 0.25) is 11.8 Å². The van der Waals surface area contributed by atoms with Crippen LogP contribution in [0.15, 0.2) is 29.8 Å². The molecule has 4 aliphatic rings. The van der Waals surface area contributed by atoms with E-state index in [1.807, 2.05) is 6.08 Å². The first-order valence-electron chi connectivity index (χ1n) is 10.7. The molecule has 1 aromatic rings. The smallest absolute Gasteiger partial charge is 0.253 e. The Hall–Kier alpha value is -2.09. The number of aromatic hydroxyl groups is 1. The minimum absolute atomic E-state index is 0.0528. The van der Waals surface area contributed by atoms with Crippen LogP contribution in [0.2, 0.25) is 5.02 Å². The van der Waals surface area contributed by atoms with E-state index in [0.29, 0.717) is 17.6 Å². The Balaban J connectivity index is 1.75. The molecule has 4 amide bonds. The van der Waals surface area contributed by atoms with Gasteiger partial charge in [-0.25, -0.2) is 0 Å². The minimum Gasteiger partial charge on any atom is -0.508 e. The predicted octanol–water partition coefficient (Wildman–Crippen LogP) is 3.05. The van der Waals surface area contributed by atoms with Gasteiger partial charge in [-0.1, -0.05) is 29.3 Å². The van der Waals surface area contributed by atoms with Crippen LogP contribution in [0.3, 0.4) is 0 Å². The van der Waals surface area contributed by atoms with E-state index in [1.54, 1.807) is 13.0 Å². The van der Waals surface area contributed by atoms with Crippen molar-refractivity contribution in [3.05, 3.63) is 40.4 Å². The lowest BCUT2D eigenvalue weighted by atomic mass is 9.56. The number of carbonyl (C=O) groups excluding carboxylic acids is 4. The quantitative estimate of drug-likeness (QED) is 0.374. The summed E-state index contributed by atoms with van der Waals surface area (Å²) in [6.07, 6.45) is 2.10. The zero-order valence-electron chi connectivity index (χ0n) is 17.8. The number of benzene rings is 1. The molecule has 0 aromatic heterocycles. The number of amides is 4. The van der Waals surface area contributed by atoms with Crippen molar-refractivity contribution in [2.75, 3.05) is 13.6 Å². The van der Waals surface area contributed by atoms with E-state index >= 15 is 0 Å². The summed E-state index contributed by atoms with van der Waals surface area (Å²) in [7, 11) is 1.33. The normalized spacial score (nSPS) is 37.8. The molecule has 33 heavy (non-hydrogen) atoms. The summed E-state index contributed by atoms with van der Waals surface area (Å²) < 4.78 is 0. The molecule has 0 bridgehead atoms. The van der Waals surface area contributed by atoms with E-state index in [4.69, 9.17) is 34.8 Å². The van der Waals surface area contributed by atoms with Crippen molar-refractivity contribution in [2.24, 2.45) is 17.8 Å². The molecule has 1 N–H and O–H groups in total. The van der Waals surface area contributed by atoms with Gasteiger partial charge in [0.15, 0.2) is 9.75 Å². The zero-order valence-corrected chi connectivity index (χ0v) is 20.1. The molecule has 2 aliphatic heterocycles. The molecule has 10 heteroatoms. The summed E-state index contributed by atoms with van der Waals surface area (Å²) in [6, 6.07) is 4.30. The summed E-state index contributed by atoms with van der Waals surface area (Å²) in [5, 5.41) is 10.0. The Morgan fingerprint density at radius 1 is 1.09 bits per heavy atom. The number of rotatable bonds is 2.